The van der Waals surface area contributed by atoms with E-state index in [1.54, 1.807) is 11.3 Å². The van der Waals surface area contributed by atoms with Crippen LogP contribution < -0.4 is 5.73 Å². The average molecular weight is 318 g/mol. The monoisotopic (exact) mass is 317 g/mol. The molecular weight excluding hydrogens is 302 g/mol. The fourth-order valence-electron chi connectivity index (χ4n) is 3.31. The van der Waals surface area contributed by atoms with Gasteiger partial charge in [-0.3, -0.25) is 0 Å². The quantitative estimate of drug-likeness (QED) is 0.755. The summed E-state index contributed by atoms with van der Waals surface area (Å²) in [5.41, 5.74) is 10.8. The van der Waals surface area contributed by atoms with Gasteiger partial charge in [-0.2, -0.15) is 0 Å². The number of hydrogen-bond acceptors (Lipinski definition) is 3. The smallest absolute Gasteiger partial charge is 0.144 e. The Morgan fingerprint density at radius 2 is 2.24 bits per heavy atom. The number of aromatic nitrogens is 2. The number of aryl methyl sites for hydroxylation is 2. The molecule has 0 radical (unpaired) electrons. The van der Waals surface area contributed by atoms with Crippen molar-refractivity contribution in [2.45, 2.75) is 32.7 Å². The lowest BCUT2D eigenvalue weighted by Gasteiger charge is -2.08. The van der Waals surface area contributed by atoms with Crippen molar-refractivity contribution in [1.82, 2.24) is 9.55 Å². The van der Waals surface area contributed by atoms with E-state index in [0.29, 0.717) is 0 Å². The third-order valence-corrected chi connectivity index (χ3v) is 5.63. The van der Waals surface area contributed by atoms with Gasteiger partial charge < -0.3 is 10.3 Å². The van der Waals surface area contributed by atoms with Crippen LogP contribution in [0.4, 0.5) is 5.00 Å². The van der Waals surface area contributed by atoms with Crippen molar-refractivity contribution >= 4 is 39.0 Å². The van der Waals surface area contributed by atoms with Crippen molar-refractivity contribution in [2.24, 2.45) is 0 Å². The van der Waals surface area contributed by atoms with E-state index in [4.69, 9.17) is 22.3 Å². The molecule has 0 bridgehead atoms. The first-order chi connectivity index (χ1) is 10.2. The van der Waals surface area contributed by atoms with Crippen LogP contribution in [-0.2, 0) is 19.4 Å². The maximum atomic E-state index is 6.38. The summed E-state index contributed by atoms with van der Waals surface area (Å²) in [6, 6.07) is 5.88. The standard InChI is InChI=1S/C16H16ClN3S/c1-2-20-14-10(17)6-4-7-11(14)19-16(20)13-9-5-3-8-12(9)21-15(13)18/h4,6-7H,2-3,5,8,18H2,1H3. The van der Waals surface area contributed by atoms with Gasteiger partial charge in [-0.15, -0.1) is 11.3 Å². The molecule has 3 aromatic rings. The van der Waals surface area contributed by atoms with E-state index < -0.39 is 0 Å². The minimum atomic E-state index is 0.749. The molecule has 0 fully saturated rings. The number of nitrogen functional groups attached to an aromatic ring is 1. The molecule has 2 N–H and O–H groups in total. The zero-order valence-corrected chi connectivity index (χ0v) is 13.4. The average Bonchev–Trinajstić information content (AvgIpc) is 3.10. The Balaban J connectivity index is 2.06. The van der Waals surface area contributed by atoms with Gasteiger partial charge in [0.2, 0.25) is 0 Å². The lowest BCUT2D eigenvalue weighted by Crippen LogP contribution is -2.00. The fourth-order valence-corrected chi connectivity index (χ4v) is 4.74. The predicted octanol–water partition coefficient (Wildman–Crippen LogP) is 4.51. The SMILES string of the molecule is CCn1c(-c2c(N)sc3c2CCC3)nc2cccc(Cl)c21. The molecule has 4 rings (SSSR count). The zero-order chi connectivity index (χ0) is 14.6. The van der Waals surface area contributed by atoms with Gasteiger partial charge in [0.25, 0.3) is 0 Å². The Labute approximate surface area is 132 Å². The molecular formula is C16H16ClN3S. The first-order valence-corrected chi connectivity index (χ1v) is 8.45. The number of anilines is 1. The van der Waals surface area contributed by atoms with Crippen LogP contribution in [0.15, 0.2) is 18.2 Å². The number of fused-ring (bicyclic) bond motifs is 2. The van der Waals surface area contributed by atoms with E-state index in [9.17, 15) is 0 Å². The van der Waals surface area contributed by atoms with Crippen molar-refractivity contribution in [3.05, 3.63) is 33.7 Å². The number of para-hydroxylation sites is 1. The van der Waals surface area contributed by atoms with E-state index in [1.165, 1.54) is 16.9 Å². The summed E-state index contributed by atoms with van der Waals surface area (Å²) in [6.45, 7) is 2.95. The highest BCUT2D eigenvalue weighted by molar-refractivity contribution is 7.16. The van der Waals surface area contributed by atoms with Crippen LogP contribution in [0.2, 0.25) is 5.02 Å². The second-order valence-corrected chi connectivity index (χ2v) is 6.93. The van der Waals surface area contributed by atoms with Gasteiger partial charge in [0.15, 0.2) is 0 Å². The highest BCUT2D eigenvalue weighted by Crippen LogP contribution is 2.44. The third-order valence-electron chi connectivity index (χ3n) is 4.21. The number of imidazole rings is 1. The summed E-state index contributed by atoms with van der Waals surface area (Å²) in [5, 5.41) is 1.64. The Hall–Kier alpha value is -1.52. The number of hydrogen-bond donors (Lipinski definition) is 1. The van der Waals surface area contributed by atoms with Gasteiger partial charge in [-0.25, -0.2) is 4.98 Å². The molecule has 0 saturated carbocycles. The van der Waals surface area contributed by atoms with E-state index in [0.717, 1.165) is 51.8 Å². The summed E-state index contributed by atoms with van der Waals surface area (Å²) in [6.07, 6.45) is 3.48. The predicted molar refractivity (Wildman–Crippen MR) is 90.2 cm³/mol. The molecule has 0 aliphatic heterocycles. The number of thiophene rings is 1. The lowest BCUT2D eigenvalue weighted by atomic mass is 10.1. The molecule has 2 heterocycles. The van der Waals surface area contributed by atoms with Gasteiger partial charge in [0.05, 0.1) is 26.6 Å². The molecule has 0 amide bonds. The molecule has 1 aliphatic carbocycles. The van der Waals surface area contributed by atoms with E-state index in [2.05, 4.69) is 11.5 Å². The van der Waals surface area contributed by atoms with Crippen molar-refractivity contribution in [3.8, 4) is 11.4 Å². The number of benzene rings is 1. The fraction of sp³-hybridized carbons (Fsp3) is 0.312. The van der Waals surface area contributed by atoms with Crippen LogP contribution in [-0.4, -0.2) is 9.55 Å². The number of halogens is 1. The summed E-state index contributed by atoms with van der Waals surface area (Å²) in [4.78, 5) is 6.26. The van der Waals surface area contributed by atoms with E-state index in [-0.39, 0.29) is 0 Å². The van der Waals surface area contributed by atoms with Gasteiger partial charge in [-0.05, 0) is 43.9 Å². The Kier molecular flexibility index (Phi) is 2.98. The molecule has 1 aliphatic rings. The third kappa shape index (κ3) is 1.82. The van der Waals surface area contributed by atoms with Crippen molar-refractivity contribution < 1.29 is 0 Å². The highest BCUT2D eigenvalue weighted by Gasteiger charge is 2.25. The molecule has 21 heavy (non-hydrogen) atoms. The lowest BCUT2D eigenvalue weighted by molar-refractivity contribution is 0.795. The van der Waals surface area contributed by atoms with E-state index in [1.807, 2.05) is 18.2 Å². The maximum Gasteiger partial charge on any atom is 0.144 e. The molecule has 3 nitrogen and oxygen atoms in total. The topological polar surface area (TPSA) is 43.8 Å². The molecule has 5 heteroatoms. The minimum absolute atomic E-state index is 0.749. The van der Waals surface area contributed by atoms with Crippen LogP contribution in [0.5, 0.6) is 0 Å². The summed E-state index contributed by atoms with van der Waals surface area (Å²) in [7, 11) is 0. The maximum absolute atomic E-state index is 6.38. The van der Waals surface area contributed by atoms with Gasteiger partial charge >= 0.3 is 0 Å². The van der Waals surface area contributed by atoms with Crippen molar-refractivity contribution in [3.63, 3.8) is 0 Å². The summed E-state index contributed by atoms with van der Waals surface area (Å²) >= 11 is 8.11. The summed E-state index contributed by atoms with van der Waals surface area (Å²) < 4.78 is 2.19. The highest BCUT2D eigenvalue weighted by atomic mass is 35.5. The van der Waals surface area contributed by atoms with Crippen LogP contribution >= 0.6 is 22.9 Å². The zero-order valence-electron chi connectivity index (χ0n) is 11.8. The van der Waals surface area contributed by atoms with Gasteiger partial charge in [-0.1, -0.05) is 17.7 Å². The minimum Gasteiger partial charge on any atom is -0.390 e. The number of nitrogens with two attached hydrogens (primary N) is 1. The molecule has 0 saturated heterocycles. The van der Waals surface area contributed by atoms with Gasteiger partial charge in [0, 0.05) is 11.4 Å². The molecule has 0 atom stereocenters. The molecule has 1 aromatic carbocycles. The number of nitrogens with zero attached hydrogens (tertiary/aromatic N) is 2. The summed E-state index contributed by atoms with van der Waals surface area (Å²) in [5.74, 6) is 0.970. The molecule has 0 unspecified atom stereocenters. The first-order valence-electron chi connectivity index (χ1n) is 7.25. The largest absolute Gasteiger partial charge is 0.390 e. The second-order valence-electron chi connectivity index (χ2n) is 5.38. The molecule has 0 spiro atoms. The first kappa shape index (κ1) is 13.2. The Morgan fingerprint density at radius 3 is 3.05 bits per heavy atom. The second kappa shape index (κ2) is 4.75. The normalized spacial score (nSPS) is 14.0. The van der Waals surface area contributed by atoms with Crippen LogP contribution in [0.3, 0.4) is 0 Å². The van der Waals surface area contributed by atoms with Gasteiger partial charge in [0.1, 0.15) is 5.82 Å². The van der Waals surface area contributed by atoms with Crippen molar-refractivity contribution in [2.75, 3.05) is 5.73 Å². The number of rotatable bonds is 2. The van der Waals surface area contributed by atoms with Crippen LogP contribution in [0, 0.1) is 0 Å². The molecule has 2 aromatic heterocycles. The molecule has 108 valence electrons. The Morgan fingerprint density at radius 1 is 1.38 bits per heavy atom. The Bertz CT molecular complexity index is 847. The van der Waals surface area contributed by atoms with Crippen LogP contribution in [0.1, 0.15) is 23.8 Å². The van der Waals surface area contributed by atoms with Crippen LogP contribution in [0.25, 0.3) is 22.4 Å². The van der Waals surface area contributed by atoms with E-state index >= 15 is 0 Å². The van der Waals surface area contributed by atoms with Crippen molar-refractivity contribution in [1.29, 1.82) is 0 Å².